The van der Waals surface area contributed by atoms with Gasteiger partial charge in [-0.15, -0.1) is 0 Å². The van der Waals surface area contributed by atoms with Crippen molar-refractivity contribution in [2.24, 2.45) is 0 Å². The van der Waals surface area contributed by atoms with Crippen molar-refractivity contribution in [1.82, 2.24) is 10.2 Å². The van der Waals surface area contributed by atoms with Gasteiger partial charge in [0.1, 0.15) is 29.2 Å². The quantitative estimate of drug-likeness (QED) is 0.586. The summed E-state index contributed by atoms with van der Waals surface area (Å²) in [5.41, 5.74) is 0.189. The van der Waals surface area contributed by atoms with E-state index in [-0.39, 0.29) is 5.75 Å². The number of phenols is 1. The number of nitrogens with zero attached hydrogens (tertiary/aromatic N) is 1. The molecule has 0 bridgehead atoms. The number of hydrogen-bond acceptors (Lipinski definition) is 6. The highest BCUT2D eigenvalue weighted by Gasteiger charge is 2.32. The third-order valence-corrected chi connectivity index (χ3v) is 4.63. The Labute approximate surface area is 193 Å². The maximum atomic E-state index is 13.2. The summed E-state index contributed by atoms with van der Waals surface area (Å²) >= 11 is 0. The van der Waals surface area contributed by atoms with Crippen molar-refractivity contribution in [2.45, 2.75) is 45.4 Å². The lowest BCUT2D eigenvalue weighted by atomic mass is 10.0. The summed E-state index contributed by atoms with van der Waals surface area (Å²) in [4.78, 5) is 39.6. The number of alkyl carbamates (subject to hydrolysis) is 1. The van der Waals surface area contributed by atoms with Crippen LogP contribution >= 0.6 is 0 Å². The Balaban J connectivity index is 2.25. The molecule has 2 atom stereocenters. The number of aromatic hydroxyl groups is 1. The number of hydrogen-bond donors (Lipinski definition) is 3. The minimum absolute atomic E-state index is 0.0458. The standard InChI is InChI=1S/C24H31N3O6/c1-15(25-23(31)33-24(2,3)4)22(30)27(5)20(16-8-7-9-18(28)14-16)21(29)26-17-10-12-19(32-6)13-11-17/h7-15,20,28H,1-6H3,(H,25,31)(H,26,29). The molecule has 2 aromatic carbocycles. The molecular weight excluding hydrogens is 426 g/mol. The van der Waals surface area contributed by atoms with Gasteiger partial charge in [0.25, 0.3) is 5.91 Å². The number of anilines is 1. The second-order valence-corrected chi connectivity index (χ2v) is 8.53. The summed E-state index contributed by atoms with van der Waals surface area (Å²) in [5.74, 6) is -0.424. The average Bonchev–Trinajstić information content (AvgIpc) is 2.72. The molecule has 0 heterocycles. The summed E-state index contributed by atoms with van der Waals surface area (Å²) < 4.78 is 10.3. The summed E-state index contributed by atoms with van der Waals surface area (Å²) in [6.07, 6.45) is -0.742. The maximum absolute atomic E-state index is 13.2. The molecule has 0 aromatic heterocycles. The molecule has 0 aliphatic carbocycles. The normalized spacial score (nSPS) is 12.8. The van der Waals surface area contributed by atoms with E-state index >= 15 is 0 Å². The SMILES string of the molecule is COc1ccc(NC(=O)C(c2cccc(O)c2)N(C)C(=O)C(C)NC(=O)OC(C)(C)C)cc1. The number of benzene rings is 2. The van der Waals surface area contributed by atoms with E-state index in [1.54, 1.807) is 64.3 Å². The summed E-state index contributed by atoms with van der Waals surface area (Å²) in [6, 6.07) is 10.8. The molecule has 3 N–H and O–H groups in total. The molecular formula is C24H31N3O6. The van der Waals surface area contributed by atoms with Gasteiger partial charge in [0.05, 0.1) is 7.11 Å². The van der Waals surface area contributed by atoms with Gasteiger partial charge in [-0.05, 0) is 69.7 Å². The first-order valence-electron chi connectivity index (χ1n) is 10.4. The van der Waals surface area contributed by atoms with Crippen molar-refractivity contribution in [3.63, 3.8) is 0 Å². The molecule has 0 aliphatic rings. The first-order chi connectivity index (χ1) is 15.4. The lowest BCUT2D eigenvalue weighted by Crippen LogP contribution is -2.49. The van der Waals surface area contributed by atoms with Crippen LogP contribution in [0.4, 0.5) is 10.5 Å². The Hall–Kier alpha value is -3.75. The van der Waals surface area contributed by atoms with E-state index in [9.17, 15) is 19.5 Å². The van der Waals surface area contributed by atoms with Crippen LogP contribution in [-0.2, 0) is 14.3 Å². The second-order valence-electron chi connectivity index (χ2n) is 8.53. The molecule has 2 rings (SSSR count). The number of nitrogens with one attached hydrogen (secondary N) is 2. The zero-order chi connectivity index (χ0) is 24.8. The van der Waals surface area contributed by atoms with Crippen molar-refractivity contribution in [2.75, 3.05) is 19.5 Å². The molecule has 0 aliphatic heterocycles. The smallest absolute Gasteiger partial charge is 0.408 e. The number of phenolic OH excluding ortho intramolecular Hbond substituents is 1. The van der Waals surface area contributed by atoms with Gasteiger partial charge in [-0.2, -0.15) is 0 Å². The maximum Gasteiger partial charge on any atom is 0.408 e. The highest BCUT2D eigenvalue weighted by Crippen LogP contribution is 2.26. The highest BCUT2D eigenvalue weighted by molar-refractivity contribution is 5.98. The monoisotopic (exact) mass is 457 g/mol. The molecule has 9 nitrogen and oxygen atoms in total. The van der Waals surface area contributed by atoms with Gasteiger partial charge in [0, 0.05) is 12.7 Å². The Morgan fingerprint density at radius 3 is 2.24 bits per heavy atom. The summed E-state index contributed by atoms with van der Waals surface area (Å²) in [7, 11) is 3.00. The molecule has 3 amide bonds. The van der Waals surface area contributed by atoms with Gasteiger partial charge in [0.2, 0.25) is 5.91 Å². The van der Waals surface area contributed by atoms with Crippen LogP contribution in [0.15, 0.2) is 48.5 Å². The number of likely N-dealkylation sites (N-methyl/N-ethyl adjacent to an activating group) is 1. The number of ether oxygens (including phenoxy) is 2. The van der Waals surface area contributed by atoms with Crippen molar-refractivity contribution in [3.8, 4) is 11.5 Å². The van der Waals surface area contributed by atoms with Crippen LogP contribution in [-0.4, -0.2) is 53.7 Å². The van der Waals surface area contributed by atoms with Crippen LogP contribution in [0.1, 0.15) is 39.3 Å². The first-order valence-corrected chi connectivity index (χ1v) is 10.4. The van der Waals surface area contributed by atoms with Crippen LogP contribution in [0.25, 0.3) is 0 Å². The van der Waals surface area contributed by atoms with Gasteiger partial charge < -0.3 is 30.1 Å². The summed E-state index contributed by atoms with van der Waals surface area (Å²) in [6.45, 7) is 6.65. The Morgan fingerprint density at radius 1 is 1.06 bits per heavy atom. The average molecular weight is 458 g/mol. The van der Waals surface area contributed by atoms with Crippen molar-refractivity contribution in [3.05, 3.63) is 54.1 Å². The fraction of sp³-hybridized carbons (Fsp3) is 0.375. The van der Waals surface area contributed by atoms with E-state index in [1.165, 1.54) is 31.0 Å². The van der Waals surface area contributed by atoms with Crippen LogP contribution in [0.3, 0.4) is 0 Å². The van der Waals surface area contributed by atoms with E-state index in [2.05, 4.69) is 10.6 Å². The lowest BCUT2D eigenvalue weighted by Gasteiger charge is -2.30. The van der Waals surface area contributed by atoms with Crippen molar-refractivity contribution in [1.29, 1.82) is 0 Å². The van der Waals surface area contributed by atoms with Gasteiger partial charge in [-0.25, -0.2) is 4.79 Å². The fourth-order valence-corrected chi connectivity index (χ4v) is 3.11. The van der Waals surface area contributed by atoms with E-state index < -0.39 is 35.6 Å². The Bertz CT molecular complexity index is 984. The topological polar surface area (TPSA) is 117 Å². The molecule has 33 heavy (non-hydrogen) atoms. The molecule has 0 saturated carbocycles. The van der Waals surface area contributed by atoms with Crippen LogP contribution < -0.4 is 15.4 Å². The van der Waals surface area contributed by atoms with E-state index in [1.807, 2.05) is 0 Å². The molecule has 0 spiro atoms. The minimum Gasteiger partial charge on any atom is -0.508 e. The molecule has 9 heteroatoms. The van der Waals surface area contributed by atoms with Crippen molar-refractivity contribution < 1.29 is 29.0 Å². The minimum atomic E-state index is -1.07. The van der Waals surface area contributed by atoms with Crippen molar-refractivity contribution >= 4 is 23.6 Å². The number of carbonyl (C=O) groups is 3. The number of methoxy groups -OCH3 is 1. The van der Waals surface area contributed by atoms with Crippen LogP contribution in [0, 0.1) is 0 Å². The third kappa shape index (κ3) is 7.41. The van der Waals surface area contributed by atoms with Gasteiger partial charge in [0.15, 0.2) is 0 Å². The first kappa shape index (κ1) is 25.5. The molecule has 2 aromatic rings. The molecule has 2 unspecified atom stereocenters. The van der Waals surface area contributed by atoms with E-state index in [0.717, 1.165) is 0 Å². The lowest BCUT2D eigenvalue weighted by molar-refractivity contribution is -0.138. The number of rotatable bonds is 7. The van der Waals surface area contributed by atoms with E-state index in [4.69, 9.17) is 9.47 Å². The van der Waals surface area contributed by atoms with Crippen LogP contribution in [0.2, 0.25) is 0 Å². The predicted octanol–water partition coefficient (Wildman–Crippen LogP) is 3.45. The number of amides is 3. The number of carbonyl (C=O) groups excluding carboxylic acids is 3. The molecule has 0 fully saturated rings. The van der Waals surface area contributed by atoms with E-state index in [0.29, 0.717) is 17.0 Å². The Morgan fingerprint density at radius 2 is 1.70 bits per heavy atom. The van der Waals surface area contributed by atoms with Gasteiger partial charge in [-0.1, -0.05) is 12.1 Å². The fourth-order valence-electron chi connectivity index (χ4n) is 3.11. The highest BCUT2D eigenvalue weighted by atomic mass is 16.6. The zero-order valence-corrected chi connectivity index (χ0v) is 19.7. The van der Waals surface area contributed by atoms with Gasteiger partial charge >= 0.3 is 6.09 Å². The molecule has 0 saturated heterocycles. The third-order valence-electron chi connectivity index (χ3n) is 4.63. The predicted molar refractivity (Wildman–Crippen MR) is 124 cm³/mol. The molecule has 0 radical (unpaired) electrons. The largest absolute Gasteiger partial charge is 0.508 e. The second kappa shape index (κ2) is 10.7. The summed E-state index contributed by atoms with van der Waals surface area (Å²) in [5, 5.41) is 15.2. The molecule has 178 valence electrons. The Kier molecular flexibility index (Phi) is 8.28. The van der Waals surface area contributed by atoms with Crippen LogP contribution in [0.5, 0.6) is 11.5 Å². The zero-order valence-electron chi connectivity index (χ0n) is 19.7. The van der Waals surface area contributed by atoms with Gasteiger partial charge in [-0.3, -0.25) is 9.59 Å².